The van der Waals surface area contributed by atoms with Gasteiger partial charge in [0.25, 0.3) is 0 Å². The Balaban J connectivity index is 1.97. The van der Waals surface area contributed by atoms with Crippen LogP contribution >= 0.6 is 0 Å². The molecule has 2 unspecified atom stereocenters. The molecule has 0 bridgehead atoms. The van der Waals surface area contributed by atoms with E-state index in [-0.39, 0.29) is 0 Å². The number of nitrogens with one attached hydrogen (secondary N) is 1. The molecule has 4 heteroatoms. The van der Waals surface area contributed by atoms with Crippen LogP contribution in [0.3, 0.4) is 0 Å². The number of ether oxygens (including phenoxy) is 1. The summed E-state index contributed by atoms with van der Waals surface area (Å²) >= 11 is 0. The molecule has 0 radical (unpaired) electrons. The van der Waals surface area contributed by atoms with Gasteiger partial charge in [-0.1, -0.05) is 0 Å². The summed E-state index contributed by atoms with van der Waals surface area (Å²) in [6.07, 6.45) is 6.02. The van der Waals surface area contributed by atoms with Crippen molar-refractivity contribution in [3.63, 3.8) is 0 Å². The molecule has 0 spiro atoms. The van der Waals surface area contributed by atoms with Gasteiger partial charge in [0, 0.05) is 18.3 Å². The highest BCUT2D eigenvalue weighted by Crippen LogP contribution is 2.29. The molecule has 100 valence electrons. The highest BCUT2D eigenvalue weighted by Gasteiger charge is 2.30. The van der Waals surface area contributed by atoms with Crippen LogP contribution in [0.25, 0.3) is 0 Å². The summed E-state index contributed by atoms with van der Waals surface area (Å²) in [6, 6.07) is 0.927. The lowest BCUT2D eigenvalue weighted by molar-refractivity contribution is 0.0373. The highest BCUT2D eigenvalue weighted by atomic mass is 16.5. The van der Waals surface area contributed by atoms with Crippen LogP contribution in [0, 0.1) is 6.92 Å². The molecule has 1 N–H and O–H groups in total. The highest BCUT2D eigenvalue weighted by molar-refractivity contribution is 5.21. The number of hydrogen-bond donors (Lipinski definition) is 1. The van der Waals surface area contributed by atoms with Crippen LogP contribution in [-0.4, -0.2) is 35.9 Å². The topological polar surface area (TPSA) is 39.1 Å². The SMILES string of the molecule is CNC1CCOCC1n1c(C)nc2c1CCCC2. The molecule has 1 aliphatic heterocycles. The van der Waals surface area contributed by atoms with Crippen molar-refractivity contribution in [3.05, 3.63) is 17.2 Å². The first-order valence-electron chi connectivity index (χ1n) is 7.13. The smallest absolute Gasteiger partial charge is 0.106 e. The summed E-state index contributed by atoms with van der Waals surface area (Å²) in [5.74, 6) is 1.16. The van der Waals surface area contributed by atoms with E-state index < -0.39 is 0 Å². The van der Waals surface area contributed by atoms with E-state index in [1.165, 1.54) is 30.7 Å². The standard InChI is InChI=1S/C14H23N3O/c1-10-16-12-5-3-4-6-13(12)17(10)14-9-18-8-7-11(14)15-2/h11,14-15H,3-9H2,1-2H3. The molecule has 1 aromatic heterocycles. The van der Waals surface area contributed by atoms with Crippen molar-refractivity contribution in [2.75, 3.05) is 20.3 Å². The van der Waals surface area contributed by atoms with E-state index in [1.807, 2.05) is 0 Å². The number of aryl methyl sites for hydroxylation is 2. The fourth-order valence-electron chi connectivity index (χ4n) is 3.45. The molecular weight excluding hydrogens is 226 g/mol. The molecule has 1 fully saturated rings. The number of rotatable bonds is 2. The van der Waals surface area contributed by atoms with E-state index in [0.29, 0.717) is 12.1 Å². The first kappa shape index (κ1) is 12.2. The second-order valence-corrected chi connectivity index (χ2v) is 5.46. The zero-order valence-electron chi connectivity index (χ0n) is 11.4. The van der Waals surface area contributed by atoms with Crippen molar-refractivity contribution in [2.24, 2.45) is 0 Å². The number of nitrogens with zero attached hydrogens (tertiary/aromatic N) is 2. The normalized spacial score (nSPS) is 28.1. The van der Waals surface area contributed by atoms with Crippen molar-refractivity contribution in [2.45, 2.75) is 51.1 Å². The zero-order chi connectivity index (χ0) is 12.5. The van der Waals surface area contributed by atoms with Gasteiger partial charge in [-0.2, -0.15) is 0 Å². The Morgan fingerprint density at radius 1 is 1.33 bits per heavy atom. The second kappa shape index (κ2) is 5.02. The van der Waals surface area contributed by atoms with Gasteiger partial charge in [0.1, 0.15) is 5.82 Å². The third kappa shape index (κ3) is 1.97. The number of aromatic nitrogens is 2. The molecule has 3 rings (SSSR count). The van der Waals surface area contributed by atoms with Gasteiger partial charge in [-0.25, -0.2) is 4.98 Å². The quantitative estimate of drug-likeness (QED) is 0.865. The minimum Gasteiger partial charge on any atom is -0.379 e. The molecule has 1 aliphatic carbocycles. The molecule has 18 heavy (non-hydrogen) atoms. The maximum Gasteiger partial charge on any atom is 0.106 e. The number of fused-ring (bicyclic) bond motifs is 1. The lowest BCUT2D eigenvalue weighted by atomic mass is 9.98. The minimum atomic E-state index is 0.415. The predicted molar refractivity (Wildman–Crippen MR) is 70.9 cm³/mol. The van der Waals surface area contributed by atoms with Gasteiger partial charge in [0.05, 0.1) is 18.3 Å². The largest absolute Gasteiger partial charge is 0.379 e. The van der Waals surface area contributed by atoms with E-state index in [9.17, 15) is 0 Å². The third-order valence-corrected chi connectivity index (χ3v) is 4.38. The summed E-state index contributed by atoms with van der Waals surface area (Å²) < 4.78 is 8.15. The number of imidazole rings is 1. The third-order valence-electron chi connectivity index (χ3n) is 4.38. The van der Waals surface area contributed by atoms with Gasteiger partial charge < -0.3 is 14.6 Å². The van der Waals surface area contributed by atoms with Crippen LogP contribution in [0.4, 0.5) is 0 Å². The predicted octanol–water partition coefficient (Wildman–Crippen LogP) is 1.62. The van der Waals surface area contributed by atoms with Crippen LogP contribution < -0.4 is 5.32 Å². The fraction of sp³-hybridized carbons (Fsp3) is 0.786. The van der Waals surface area contributed by atoms with Gasteiger partial charge in [-0.05, 0) is 46.1 Å². The fourth-order valence-corrected chi connectivity index (χ4v) is 3.45. The van der Waals surface area contributed by atoms with Gasteiger partial charge in [0.15, 0.2) is 0 Å². The monoisotopic (exact) mass is 249 g/mol. The van der Waals surface area contributed by atoms with Crippen molar-refractivity contribution in [1.82, 2.24) is 14.9 Å². The maximum absolute atomic E-state index is 5.70. The average molecular weight is 249 g/mol. The van der Waals surface area contributed by atoms with Crippen LogP contribution in [0.2, 0.25) is 0 Å². The summed E-state index contributed by atoms with van der Waals surface area (Å²) in [4.78, 5) is 4.77. The first-order chi connectivity index (χ1) is 8.81. The van der Waals surface area contributed by atoms with Crippen LogP contribution in [0.1, 0.15) is 42.5 Å². The average Bonchev–Trinajstić information content (AvgIpc) is 2.74. The second-order valence-electron chi connectivity index (χ2n) is 5.46. The molecule has 2 atom stereocenters. The Labute approximate surface area is 109 Å². The van der Waals surface area contributed by atoms with E-state index in [0.717, 1.165) is 31.9 Å². The Morgan fingerprint density at radius 2 is 2.17 bits per heavy atom. The maximum atomic E-state index is 5.70. The van der Waals surface area contributed by atoms with Gasteiger partial charge in [0.2, 0.25) is 0 Å². The number of likely N-dealkylation sites (N-methyl/N-ethyl adjacent to an activating group) is 1. The zero-order valence-corrected chi connectivity index (χ0v) is 11.4. The van der Waals surface area contributed by atoms with E-state index in [4.69, 9.17) is 9.72 Å². The molecule has 1 aromatic rings. The molecule has 1 saturated heterocycles. The van der Waals surface area contributed by atoms with E-state index >= 15 is 0 Å². The molecule has 0 saturated carbocycles. The Morgan fingerprint density at radius 3 is 3.00 bits per heavy atom. The molecule has 2 aliphatic rings. The summed E-state index contributed by atoms with van der Waals surface area (Å²) in [5.41, 5.74) is 2.80. The van der Waals surface area contributed by atoms with Crippen molar-refractivity contribution in [1.29, 1.82) is 0 Å². The molecule has 0 aromatic carbocycles. The summed E-state index contributed by atoms with van der Waals surface area (Å²) in [6.45, 7) is 3.83. The minimum absolute atomic E-state index is 0.415. The van der Waals surface area contributed by atoms with E-state index in [1.54, 1.807) is 0 Å². The van der Waals surface area contributed by atoms with Gasteiger partial charge in [-0.3, -0.25) is 0 Å². The number of hydrogen-bond acceptors (Lipinski definition) is 3. The summed E-state index contributed by atoms with van der Waals surface area (Å²) in [5, 5.41) is 3.45. The molecule has 4 nitrogen and oxygen atoms in total. The molecule has 2 heterocycles. The van der Waals surface area contributed by atoms with Crippen LogP contribution in [0.15, 0.2) is 0 Å². The van der Waals surface area contributed by atoms with E-state index in [2.05, 4.69) is 23.9 Å². The lowest BCUT2D eigenvalue weighted by Crippen LogP contribution is -2.43. The van der Waals surface area contributed by atoms with Crippen LogP contribution in [-0.2, 0) is 17.6 Å². The summed E-state index contributed by atoms with van der Waals surface area (Å²) in [7, 11) is 2.06. The van der Waals surface area contributed by atoms with Crippen LogP contribution in [0.5, 0.6) is 0 Å². The molecular formula is C14H23N3O. The van der Waals surface area contributed by atoms with Crippen molar-refractivity contribution in [3.8, 4) is 0 Å². The Hall–Kier alpha value is -0.870. The Kier molecular flexibility index (Phi) is 3.39. The van der Waals surface area contributed by atoms with Crippen molar-refractivity contribution >= 4 is 0 Å². The lowest BCUT2D eigenvalue weighted by Gasteiger charge is -2.34. The first-order valence-corrected chi connectivity index (χ1v) is 7.13. The van der Waals surface area contributed by atoms with Gasteiger partial charge >= 0.3 is 0 Å². The Bertz CT molecular complexity index is 427. The van der Waals surface area contributed by atoms with Gasteiger partial charge in [-0.15, -0.1) is 0 Å². The van der Waals surface area contributed by atoms with Crippen molar-refractivity contribution < 1.29 is 4.74 Å². The molecule has 0 amide bonds.